The van der Waals surface area contributed by atoms with Gasteiger partial charge in [0, 0.05) is 19.4 Å². The third-order valence-electron chi connectivity index (χ3n) is 7.75. The fourth-order valence-corrected chi connectivity index (χ4v) is 5.51. The van der Waals surface area contributed by atoms with Gasteiger partial charge < -0.3 is 34.4 Å². The molecule has 0 spiro atoms. The number of ether oxygens (including phenoxy) is 3. The average Bonchev–Trinajstić information content (AvgIpc) is 3.55. The van der Waals surface area contributed by atoms with E-state index in [1.807, 2.05) is 6.92 Å². The highest BCUT2D eigenvalue weighted by Crippen LogP contribution is 2.48. The van der Waals surface area contributed by atoms with Crippen LogP contribution in [0.5, 0.6) is 5.75 Å². The number of alkyl carbamates (subject to hydrolysis) is 1. The average molecular weight is 551 g/mol. The SMILES string of the molecule is COc1cc2cc(c1Cl)N(C)C(=O)C[C@H](O)[C@]1(C)O[C@H]1[C@H](C)[C@@H]1C[C@@](O)(NC(=O)O1)[C@H](O)/C=C/C=C(\C)C2. The highest BCUT2D eigenvalue weighted by Gasteiger charge is 2.62. The number of halogens is 1. The van der Waals surface area contributed by atoms with Crippen molar-refractivity contribution in [2.75, 3.05) is 19.1 Å². The number of rotatable bonds is 1. The van der Waals surface area contributed by atoms with E-state index in [1.54, 1.807) is 45.2 Å². The predicted octanol–water partition coefficient (Wildman–Crippen LogP) is 2.46. The fraction of sp³-hybridized carbons (Fsp3) is 0.556. The van der Waals surface area contributed by atoms with Gasteiger partial charge in [-0.25, -0.2) is 4.79 Å². The zero-order valence-corrected chi connectivity index (χ0v) is 22.9. The molecule has 1 aromatic rings. The van der Waals surface area contributed by atoms with E-state index in [-0.39, 0.29) is 23.8 Å². The minimum absolute atomic E-state index is 0.105. The number of fused-ring (bicyclic) bond motifs is 5. The van der Waals surface area contributed by atoms with Gasteiger partial charge in [0.1, 0.15) is 28.6 Å². The number of carbonyl (C=O) groups excluding carboxylic acids is 2. The van der Waals surface area contributed by atoms with Crippen molar-refractivity contribution < 1.29 is 39.1 Å². The van der Waals surface area contributed by atoms with Crippen LogP contribution in [0.3, 0.4) is 0 Å². The number of carbonyl (C=O) groups is 2. The summed E-state index contributed by atoms with van der Waals surface area (Å²) < 4.78 is 16.7. The summed E-state index contributed by atoms with van der Waals surface area (Å²) in [7, 11) is 3.07. The molecule has 0 saturated carbocycles. The molecule has 0 radical (unpaired) electrons. The van der Waals surface area contributed by atoms with E-state index in [9.17, 15) is 24.9 Å². The number of aliphatic hydroxyl groups excluding tert-OH is 2. The number of aliphatic hydroxyl groups is 3. The molecule has 0 aromatic heterocycles. The predicted molar refractivity (Wildman–Crippen MR) is 140 cm³/mol. The van der Waals surface area contributed by atoms with Crippen molar-refractivity contribution in [2.45, 2.75) is 75.8 Å². The van der Waals surface area contributed by atoms with Gasteiger partial charge in [-0.15, -0.1) is 0 Å². The zero-order chi connectivity index (χ0) is 28.0. The van der Waals surface area contributed by atoms with Gasteiger partial charge in [0.15, 0.2) is 5.72 Å². The van der Waals surface area contributed by atoms with Gasteiger partial charge in [-0.2, -0.15) is 0 Å². The van der Waals surface area contributed by atoms with E-state index < -0.39 is 47.8 Å². The number of hydrogen-bond donors (Lipinski definition) is 4. The van der Waals surface area contributed by atoms with Gasteiger partial charge in [0.25, 0.3) is 0 Å². The number of benzene rings is 1. The molecule has 0 unspecified atom stereocenters. The van der Waals surface area contributed by atoms with Crippen molar-refractivity contribution in [3.8, 4) is 5.75 Å². The topological polar surface area (TPSA) is 141 Å². The smallest absolute Gasteiger partial charge is 0.409 e. The molecule has 1 aromatic carbocycles. The number of nitrogens with one attached hydrogen (secondary N) is 1. The summed E-state index contributed by atoms with van der Waals surface area (Å²) in [5.41, 5.74) is -0.860. The third-order valence-corrected chi connectivity index (χ3v) is 8.13. The van der Waals surface area contributed by atoms with Gasteiger partial charge in [-0.3, -0.25) is 10.1 Å². The first-order valence-electron chi connectivity index (χ1n) is 12.5. The van der Waals surface area contributed by atoms with E-state index >= 15 is 0 Å². The summed E-state index contributed by atoms with van der Waals surface area (Å²) in [6.45, 7) is 5.35. The van der Waals surface area contributed by atoms with Crippen LogP contribution in [-0.2, 0) is 20.7 Å². The second kappa shape index (κ2) is 10.5. The minimum Gasteiger partial charge on any atom is -0.495 e. The van der Waals surface area contributed by atoms with Gasteiger partial charge in [-0.1, -0.05) is 42.3 Å². The molecule has 7 atom stereocenters. The van der Waals surface area contributed by atoms with Crippen molar-refractivity contribution in [2.24, 2.45) is 5.92 Å². The van der Waals surface area contributed by atoms with Crippen LogP contribution >= 0.6 is 11.6 Å². The number of methoxy groups -OCH3 is 1. The Morgan fingerprint density at radius 2 is 1.97 bits per heavy atom. The Morgan fingerprint density at radius 1 is 1.26 bits per heavy atom. The van der Waals surface area contributed by atoms with E-state index in [1.165, 1.54) is 18.1 Å². The van der Waals surface area contributed by atoms with Crippen molar-refractivity contribution >= 4 is 29.3 Å². The summed E-state index contributed by atoms with van der Waals surface area (Å²) in [6, 6.07) is 3.57. The monoisotopic (exact) mass is 550 g/mol. The van der Waals surface area contributed by atoms with Crippen LogP contribution in [0.15, 0.2) is 35.9 Å². The number of hydrogen-bond acceptors (Lipinski definition) is 8. The highest BCUT2D eigenvalue weighted by molar-refractivity contribution is 6.35. The zero-order valence-electron chi connectivity index (χ0n) is 22.1. The number of allylic oxidation sites excluding steroid dienone is 3. The normalized spacial score (nSPS) is 38.3. The molecule has 2 amide bonds. The molecule has 2 fully saturated rings. The first kappa shape index (κ1) is 28.4. The molecule has 4 rings (SSSR count). The number of amides is 2. The summed E-state index contributed by atoms with van der Waals surface area (Å²) >= 11 is 6.55. The Bertz CT molecular complexity index is 1170. The van der Waals surface area contributed by atoms with E-state index in [4.69, 9.17) is 25.8 Å². The maximum Gasteiger partial charge on any atom is 0.409 e. The molecule has 11 heteroatoms. The molecule has 3 heterocycles. The van der Waals surface area contributed by atoms with E-state index in [0.29, 0.717) is 17.9 Å². The van der Waals surface area contributed by atoms with Crippen LogP contribution < -0.4 is 15.0 Å². The van der Waals surface area contributed by atoms with E-state index in [2.05, 4.69) is 5.32 Å². The maximum atomic E-state index is 13.2. The molecule has 0 aliphatic carbocycles. The lowest BCUT2D eigenvalue weighted by Crippen LogP contribution is -2.63. The molecule has 10 nitrogen and oxygen atoms in total. The Labute approximate surface area is 226 Å². The molecule has 2 saturated heterocycles. The Morgan fingerprint density at radius 3 is 2.66 bits per heavy atom. The largest absolute Gasteiger partial charge is 0.495 e. The van der Waals surface area contributed by atoms with Gasteiger partial charge in [-0.05, 0) is 38.0 Å². The lowest BCUT2D eigenvalue weighted by Gasteiger charge is -2.41. The molecular weight excluding hydrogens is 516 g/mol. The summed E-state index contributed by atoms with van der Waals surface area (Å²) in [5.74, 6) is -0.419. The van der Waals surface area contributed by atoms with Crippen molar-refractivity contribution in [3.05, 3.63) is 46.5 Å². The fourth-order valence-electron chi connectivity index (χ4n) is 5.20. The Kier molecular flexibility index (Phi) is 7.84. The second-order valence-corrected chi connectivity index (χ2v) is 11.0. The summed E-state index contributed by atoms with van der Waals surface area (Å²) in [4.78, 5) is 26.9. The summed E-state index contributed by atoms with van der Waals surface area (Å²) in [5, 5.41) is 35.5. The Hall–Kier alpha value is -2.63. The standard InChI is InChI=1S/C27H35ClN2O8/c1-14-7-6-8-20(31)27(35)13-19(37-25(34)29-27)15(2)24-26(3,38-24)21(32)12-22(33)30(4)17-10-16(9-14)11-18(36-5)23(17)28/h6-8,10-11,15,19-21,24,31-32,35H,9,12-13H2,1-5H3,(H,29,34)/b8-6+,14-7+/t15-,19+,20-,21+,24+,26+,27+/m1/s1. The van der Waals surface area contributed by atoms with Gasteiger partial charge in [0.2, 0.25) is 5.91 Å². The number of epoxide rings is 1. The molecule has 4 bridgehead atoms. The van der Waals surface area contributed by atoms with Crippen LogP contribution in [0.2, 0.25) is 5.02 Å². The molecule has 208 valence electrons. The van der Waals surface area contributed by atoms with Crippen LogP contribution in [0.25, 0.3) is 0 Å². The molecule has 38 heavy (non-hydrogen) atoms. The summed E-state index contributed by atoms with van der Waals surface area (Å²) in [6.07, 6.45) is 0.107. The van der Waals surface area contributed by atoms with E-state index in [0.717, 1.165) is 11.1 Å². The van der Waals surface area contributed by atoms with Crippen LogP contribution in [0.4, 0.5) is 10.5 Å². The first-order valence-corrected chi connectivity index (χ1v) is 12.9. The lowest BCUT2D eigenvalue weighted by atomic mass is 9.84. The quantitative estimate of drug-likeness (QED) is 0.391. The van der Waals surface area contributed by atoms with Crippen LogP contribution in [0, 0.1) is 5.92 Å². The first-order chi connectivity index (χ1) is 17.8. The van der Waals surface area contributed by atoms with Crippen LogP contribution in [0.1, 0.15) is 39.2 Å². The van der Waals surface area contributed by atoms with Crippen molar-refractivity contribution in [1.29, 1.82) is 0 Å². The van der Waals surface area contributed by atoms with Gasteiger partial charge in [0.05, 0.1) is 31.4 Å². The van der Waals surface area contributed by atoms with Gasteiger partial charge >= 0.3 is 6.09 Å². The van der Waals surface area contributed by atoms with Crippen LogP contribution in [-0.4, -0.2) is 77.2 Å². The lowest BCUT2D eigenvalue weighted by molar-refractivity contribution is -0.133. The number of anilines is 1. The Balaban J connectivity index is 1.73. The maximum absolute atomic E-state index is 13.2. The van der Waals surface area contributed by atoms with Crippen molar-refractivity contribution in [1.82, 2.24) is 5.32 Å². The highest BCUT2D eigenvalue weighted by atomic mass is 35.5. The molecule has 4 N–H and O–H groups in total. The number of nitrogens with zero attached hydrogens (tertiary/aromatic N) is 1. The minimum atomic E-state index is -1.96. The third kappa shape index (κ3) is 5.41. The molecule has 3 aliphatic heterocycles. The second-order valence-electron chi connectivity index (χ2n) is 10.6. The van der Waals surface area contributed by atoms with Crippen molar-refractivity contribution in [3.63, 3.8) is 0 Å². The molecule has 3 aliphatic rings. The molecular formula is C27H35ClN2O8.